The summed E-state index contributed by atoms with van der Waals surface area (Å²) in [6, 6.07) is 17.8. The smallest absolute Gasteiger partial charge is 0.338 e. The highest BCUT2D eigenvalue weighted by molar-refractivity contribution is 5.89. The second-order valence-corrected chi connectivity index (χ2v) is 5.90. The van der Waals surface area contributed by atoms with E-state index in [1.165, 1.54) is 5.56 Å². The number of hydrogen-bond donors (Lipinski definition) is 1. The number of hydrogen-bond acceptors (Lipinski definition) is 3. The zero-order chi connectivity index (χ0) is 16.0. The van der Waals surface area contributed by atoms with Crippen LogP contribution in [0.5, 0.6) is 0 Å². The summed E-state index contributed by atoms with van der Waals surface area (Å²) in [7, 11) is 0. The van der Waals surface area contributed by atoms with Crippen LogP contribution in [-0.2, 0) is 10.2 Å². The number of anilines is 1. The van der Waals surface area contributed by atoms with E-state index in [4.69, 9.17) is 4.74 Å². The molecule has 0 atom stereocenters. The second kappa shape index (κ2) is 7.12. The Hall–Kier alpha value is -2.29. The molecule has 0 unspecified atom stereocenters. The highest BCUT2D eigenvalue weighted by atomic mass is 16.5. The van der Waals surface area contributed by atoms with Crippen molar-refractivity contribution in [3.05, 3.63) is 65.7 Å². The van der Waals surface area contributed by atoms with E-state index >= 15 is 0 Å². The van der Waals surface area contributed by atoms with Crippen LogP contribution in [0.1, 0.15) is 36.7 Å². The molecule has 0 heterocycles. The topological polar surface area (TPSA) is 38.3 Å². The van der Waals surface area contributed by atoms with Crippen LogP contribution < -0.4 is 5.32 Å². The molecule has 0 aromatic heterocycles. The number of ether oxygens (including phenoxy) is 1. The van der Waals surface area contributed by atoms with Crippen molar-refractivity contribution in [1.82, 2.24) is 0 Å². The van der Waals surface area contributed by atoms with Gasteiger partial charge in [0.25, 0.3) is 0 Å². The van der Waals surface area contributed by atoms with Crippen LogP contribution in [0.2, 0.25) is 0 Å². The standard InChI is InChI=1S/C19H23NO2/c1-4-22-18(21)15-10-12-17(13-11-15)20-14-19(2,3)16-8-6-5-7-9-16/h5-13,20H,4,14H2,1-3H3. The van der Waals surface area contributed by atoms with Crippen LogP contribution in [0, 0.1) is 0 Å². The van der Waals surface area contributed by atoms with E-state index in [1.54, 1.807) is 19.1 Å². The summed E-state index contributed by atoms with van der Waals surface area (Å²) in [5.74, 6) is -0.279. The summed E-state index contributed by atoms with van der Waals surface area (Å²) in [6.45, 7) is 7.43. The lowest BCUT2D eigenvalue weighted by Gasteiger charge is -2.26. The monoisotopic (exact) mass is 297 g/mol. The molecular weight excluding hydrogens is 274 g/mol. The fraction of sp³-hybridized carbons (Fsp3) is 0.316. The van der Waals surface area contributed by atoms with Gasteiger partial charge in [-0.1, -0.05) is 44.2 Å². The van der Waals surface area contributed by atoms with Gasteiger partial charge in [0, 0.05) is 17.6 Å². The lowest BCUT2D eigenvalue weighted by Crippen LogP contribution is -2.27. The van der Waals surface area contributed by atoms with Gasteiger partial charge in [-0.05, 0) is 36.8 Å². The maximum Gasteiger partial charge on any atom is 0.338 e. The van der Waals surface area contributed by atoms with Crippen molar-refractivity contribution < 1.29 is 9.53 Å². The molecule has 0 fully saturated rings. The van der Waals surface area contributed by atoms with Gasteiger partial charge in [-0.25, -0.2) is 4.79 Å². The van der Waals surface area contributed by atoms with Crippen molar-refractivity contribution in [2.75, 3.05) is 18.5 Å². The Morgan fingerprint density at radius 3 is 2.27 bits per heavy atom. The van der Waals surface area contributed by atoms with Gasteiger partial charge in [0.05, 0.1) is 12.2 Å². The summed E-state index contributed by atoms with van der Waals surface area (Å²) < 4.78 is 4.98. The molecule has 1 N–H and O–H groups in total. The van der Waals surface area contributed by atoms with Crippen molar-refractivity contribution >= 4 is 11.7 Å². The maximum atomic E-state index is 11.6. The van der Waals surface area contributed by atoms with Crippen molar-refractivity contribution in [3.8, 4) is 0 Å². The molecule has 3 heteroatoms. The lowest BCUT2D eigenvalue weighted by molar-refractivity contribution is 0.0526. The van der Waals surface area contributed by atoms with Crippen LogP contribution in [0.4, 0.5) is 5.69 Å². The number of benzene rings is 2. The van der Waals surface area contributed by atoms with Gasteiger partial charge < -0.3 is 10.1 Å². The molecular formula is C19H23NO2. The van der Waals surface area contributed by atoms with E-state index in [1.807, 2.05) is 18.2 Å². The Bertz CT molecular complexity index is 603. The van der Waals surface area contributed by atoms with Crippen molar-refractivity contribution in [1.29, 1.82) is 0 Å². The van der Waals surface area contributed by atoms with Crippen molar-refractivity contribution in [3.63, 3.8) is 0 Å². The molecule has 3 nitrogen and oxygen atoms in total. The van der Waals surface area contributed by atoms with Crippen LogP contribution in [-0.4, -0.2) is 19.1 Å². The molecule has 0 bridgehead atoms. The fourth-order valence-electron chi connectivity index (χ4n) is 2.25. The number of carbonyl (C=O) groups is 1. The molecule has 22 heavy (non-hydrogen) atoms. The first kappa shape index (κ1) is 16.1. The molecule has 0 radical (unpaired) electrons. The van der Waals surface area contributed by atoms with E-state index in [0.29, 0.717) is 12.2 Å². The van der Waals surface area contributed by atoms with E-state index in [2.05, 4.69) is 43.4 Å². The summed E-state index contributed by atoms with van der Waals surface area (Å²) in [4.78, 5) is 11.6. The van der Waals surface area contributed by atoms with Crippen molar-refractivity contribution in [2.45, 2.75) is 26.2 Å². The second-order valence-electron chi connectivity index (χ2n) is 5.90. The molecule has 0 aliphatic heterocycles. The minimum absolute atomic E-state index is 0.0288. The van der Waals surface area contributed by atoms with Gasteiger partial charge in [-0.2, -0.15) is 0 Å². The molecule has 0 saturated heterocycles. The van der Waals surface area contributed by atoms with E-state index in [0.717, 1.165) is 12.2 Å². The van der Waals surface area contributed by atoms with Crippen LogP contribution >= 0.6 is 0 Å². The Balaban J connectivity index is 1.98. The molecule has 2 aromatic rings. The number of carbonyl (C=O) groups excluding carboxylic acids is 1. The predicted molar refractivity (Wildman–Crippen MR) is 90.4 cm³/mol. The summed E-state index contributed by atoms with van der Waals surface area (Å²) in [5.41, 5.74) is 2.90. The highest BCUT2D eigenvalue weighted by Crippen LogP contribution is 2.23. The first-order valence-electron chi connectivity index (χ1n) is 7.59. The van der Waals surface area contributed by atoms with E-state index in [9.17, 15) is 4.79 Å². The first-order chi connectivity index (χ1) is 10.5. The van der Waals surface area contributed by atoms with Crippen LogP contribution in [0.15, 0.2) is 54.6 Å². The summed E-state index contributed by atoms with van der Waals surface area (Å²) in [5, 5.41) is 3.43. The van der Waals surface area contributed by atoms with Gasteiger partial charge in [0.1, 0.15) is 0 Å². The Kier molecular flexibility index (Phi) is 5.21. The number of rotatable bonds is 6. The third kappa shape index (κ3) is 4.10. The molecule has 2 aromatic carbocycles. The normalized spacial score (nSPS) is 11.0. The third-order valence-corrected chi connectivity index (χ3v) is 3.69. The quantitative estimate of drug-likeness (QED) is 0.810. The Morgan fingerprint density at radius 1 is 1.05 bits per heavy atom. The van der Waals surface area contributed by atoms with Gasteiger partial charge in [-0.3, -0.25) is 0 Å². The molecule has 2 rings (SSSR count). The van der Waals surface area contributed by atoms with Gasteiger partial charge in [0.2, 0.25) is 0 Å². The maximum absolute atomic E-state index is 11.6. The minimum Gasteiger partial charge on any atom is -0.462 e. The third-order valence-electron chi connectivity index (χ3n) is 3.69. The molecule has 0 spiro atoms. The molecule has 0 saturated carbocycles. The average Bonchev–Trinajstić information content (AvgIpc) is 2.54. The average molecular weight is 297 g/mol. The molecule has 0 aliphatic carbocycles. The summed E-state index contributed by atoms with van der Waals surface area (Å²) in [6.07, 6.45) is 0. The van der Waals surface area contributed by atoms with Gasteiger partial charge in [0.15, 0.2) is 0 Å². The zero-order valence-corrected chi connectivity index (χ0v) is 13.4. The van der Waals surface area contributed by atoms with Gasteiger partial charge in [-0.15, -0.1) is 0 Å². The molecule has 116 valence electrons. The number of nitrogens with one attached hydrogen (secondary N) is 1. The predicted octanol–water partition coefficient (Wildman–Crippen LogP) is 4.25. The summed E-state index contributed by atoms with van der Waals surface area (Å²) >= 11 is 0. The van der Waals surface area contributed by atoms with Crippen LogP contribution in [0.3, 0.4) is 0 Å². The lowest BCUT2D eigenvalue weighted by atomic mass is 9.84. The zero-order valence-electron chi connectivity index (χ0n) is 13.4. The Labute approximate surface area is 132 Å². The highest BCUT2D eigenvalue weighted by Gasteiger charge is 2.19. The largest absolute Gasteiger partial charge is 0.462 e. The number of esters is 1. The van der Waals surface area contributed by atoms with Crippen LogP contribution in [0.25, 0.3) is 0 Å². The van der Waals surface area contributed by atoms with Crippen molar-refractivity contribution in [2.24, 2.45) is 0 Å². The van der Waals surface area contributed by atoms with E-state index < -0.39 is 0 Å². The van der Waals surface area contributed by atoms with Gasteiger partial charge >= 0.3 is 5.97 Å². The van der Waals surface area contributed by atoms with E-state index in [-0.39, 0.29) is 11.4 Å². The first-order valence-corrected chi connectivity index (χ1v) is 7.59. The Morgan fingerprint density at radius 2 is 1.68 bits per heavy atom. The minimum atomic E-state index is -0.279. The molecule has 0 aliphatic rings. The fourth-order valence-corrected chi connectivity index (χ4v) is 2.25. The SMILES string of the molecule is CCOC(=O)c1ccc(NCC(C)(C)c2ccccc2)cc1. The molecule has 0 amide bonds.